The molecule has 2 aromatic carbocycles. The van der Waals surface area contributed by atoms with Crippen molar-refractivity contribution in [2.75, 3.05) is 6.54 Å². The van der Waals surface area contributed by atoms with Gasteiger partial charge in [-0.2, -0.15) is 0 Å². The normalized spacial score (nSPS) is 13.8. The lowest BCUT2D eigenvalue weighted by Crippen LogP contribution is -2.32. The SMILES string of the molecule is C#CCC(CC)NCC(O)c1ccc2ccccc2c1. The molecule has 0 aliphatic heterocycles. The highest BCUT2D eigenvalue weighted by molar-refractivity contribution is 5.83. The van der Waals surface area contributed by atoms with Crippen LogP contribution in [0.5, 0.6) is 0 Å². The predicted octanol–water partition coefficient (Wildman–Crippen LogP) is 3.26. The van der Waals surface area contributed by atoms with Gasteiger partial charge in [0.1, 0.15) is 0 Å². The van der Waals surface area contributed by atoms with Gasteiger partial charge in [0, 0.05) is 19.0 Å². The first-order valence-corrected chi connectivity index (χ1v) is 7.08. The molecule has 0 saturated heterocycles. The Kier molecular flexibility index (Phi) is 5.17. The van der Waals surface area contributed by atoms with Crippen molar-refractivity contribution in [2.45, 2.75) is 31.9 Å². The summed E-state index contributed by atoms with van der Waals surface area (Å²) in [6, 6.07) is 14.5. The maximum atomic E-state index is 10.3. The monoisotopic (exact) mass is 267 g/mol. The standard InChI is InChI=1S/C18H21NO/c1-3-7-17(4-2)19-13-18(20)16-11-10-14-8-5-6-9-15(14)12-16/h1,5-6,8-12,17-20H,4,7,13H2,2H3. The van der Waals surface area contributed by atoms with Crippen LogP contribution in [0.4, 0.5) is 0 Å². The molecule has 0 saturated carbocycles. The van der Waals surface area contributed by atoms with Crippen LogP contribution in [0.1, 0.15) is 31.4 Å². The van der Waals surface area contributed by atoms with Crippen molar-refractivity contribution in [1.82, 2.24) is 5.32 Å². The molecule has 2 nitrogen and oxygen atoms in total. The number of aliphatic hydroxyl groups is 1. The molecule has 104 valence electrons. The molecule has 0 spiro atoms. The van der Waals surface area contributed by atoms with Crippen molar-refractivity contribution in [2.24, 2.45) is 0 Å². The van der Waals surface area contributed by atoms with Gasteiger partial charge >= 0.3 is 0 Å². The number of hydrogen-bond acceptors (Lipinski definition) is 2. The minimum absolute atomic E-state index is 0.273. The molecule has 0 aromatic heterocycles. The van der Waals surface area contributed by atoms with Crippen LogP contribution in [0.2, 0.25) is 0 Å². The molecular weight excluding hydrogens is 246 g/mol. The average molecular weight is 267 g/mol. The van der Waals surface area contributed by atoms with E-state index in [1.165, 1.54) is 5.39 Å². The number of rotatable bonds is 6. The summed E-state index contributed by atoms with van der Waals surface area (Å²) in [5, 5.41) is 15.9. The molecule has 0 radical (unpaired) electrons. The maximum Gasteiger partial charge on any atom is 0.0914 e. The maximum absolute atomic E-state index is 10.3. The Morgan fingerprint density at radius 1 is 1.20 bits per heavy atom. The Morgan fingerprint density at radius 3 is 2.65 bits per heavy atom. The molecule has 0 fully saturated rings. The summed E-state index contributed by atoms with van der Waals surface area (Å²) in [5.74, 6) is 2.66. The molecule has 0 heterocycles. The largest absolute Gasteiger partial charge is 0.387 e. The van der Waals surface area contributed by atoms with Crippen LogP contribution in [0.25, 0.3) is 10.8 Å². The summed E-state index contributed by atoms with van der Waals surface area (Å²) in [5.41, 5.74) is 0.937. The second-order valence-electron chi connectivity index (χ2n) is 5.04. The molecule has 2 N–H and O–H groups in total. The summed E-state index contributed by atoms with van der Waals surface area (Å²) in [4.78, 5) is 0. The lowest BCUT2D eigenvalue weighted by Gasteiger charge is -2.18. The van der Waals surface area contributed by atoms with Crippen LogP contribution >= 0.6 is 0 Å². The molecule has 0 amide bonds. The van der Waals surface area contributed by atoms with Gasteiger partial charge in [-0.05, 0) is 28.8 Å². The molecule has 2 rings (SSSR count). The molecule has 0 aliphatic rings. The number of hydrogen-bond donors (Lipinski definition) is 2. The lowest BCUT2D eigenvalue weighted by molar-refractivity contribution is 0.169. The van der Waals surface area contributed by atoms with Gasteiger partial charge in [0.25, 0.3) is 0 Å². The van der Waals surface area contributed by atoms with Gasteiger partial charge < -0.3 is 10.4 Å². The minimum atomic E-state index is -0.508. The van der Waals surface area contributed by atoms with Gasteiger partial charge in [-0.3, -0.25) is 0 Å². The Balaban J connectivity index is 2.03. The first-order valence-electron chi connectivity index (χ1n) is 7.08. The summed E-state index contributed by atoms with van der Waals surface area (Å²) >= 11 is 0. The van der Waals surface area contributed by atoms with Crippen molar-refractivity contribution in [3.05, 3.63) is 48.0 Å². The van der Waals surface area contributed by atoms with Gasteiger partial charge in [-0.1, -0.05) is 43.3 Å². The fourth-order valence-electron chi connectivity index (χ4n) is 2.31. The Hall–Kier alpha value is -1.82. The molecule has 0 aliphatic carbocycles. The summed E-state index contributed by atoms with van der Waals surface area (Å²) in [7, 11) is 0. The van der Waals surface area contributed by atoms with E-state index in [2.05, 4.69) is 30.3 Å². The molecule has 2 unspecified atom stereocenters. The number of benzene rings is 2. The second-order valence-corrected chi connectivity index (χ2v) is 5.04. The van der Waals surface area contributed by atoms with Gasteiger partial charge in [0.05, 0.1) is 6.10 Å². The fourth-order valence-corrected chi connectivity index (χ4v) is 2.31. The summed E-state index contributed by atoms with van der Waals surface area (Å²) in [6.45, 7) is 2.62. The Labute approximate surface area is 120 Å². The van der Waals surface area contributed by atoms with Gasteiger partial charge in [-0.15, -0.1) is 12.3 Å². The van der Waals surface area contributed by atoms with Gasteiger partial charge in [-0.25, -0.2) is 0 Å². The third-order valence-corrected chi connectivity index (χ3v) is 3.62. The minimum Gasteiger partial charge on any atom is -0.387 e. The molecule has 2 atom stereocenters. The molecular formula is C18H21NO. The van der Waals surface area contributed by atoms with E-state index in [1.54, 1.807) is 0 Å². The van der Waals surface area contributed by atoms with E-state index in [4.69, 9.17) is 6.42 Å². The fraction of sp³-hybridized carbons (Fsp3) is 0.333. The zero-order valence-electron chi connectivity index (χ0n) is 11.8. The summed E-state index contributed by atoms with van der Waals surface area (Å²) < 4.78 is 0. The smallest absolute Gasteiger partial charge is 0.0914 e. The first kappa shape index (κ1) is 14.6. The highest BCUT2D eigenvalue weighted by Gasteiger charge is 2.10. The van der Waals surface area contributed by atoms with Crippen LogP contribution in [0, 0.1) is 12.3 Å². The Bertz CT molecular complexity index is 600. The average Bonchev–Trinajstić information content (AvgIpc) is 2.50. The van der Waals surface area contributed by atoms with Crippen molar-refractivity contribution in [3.8, 4) is 12.3 Å². The third kappa shape index (κ3) is 3.60. The van der Waals surface area contributed by atoms with Crippen LogP contribution in [0.3, 0.4) is 0 Å². The molecule has 20 heavy (non-hydrogen) atoms. The van der Waals surface area contributed by atoms with E-state index in [0.717, 1.165) is 17.4 Å². The second kappa shape index (κ2) is 7.09. The van der Waals surface area contributed by atoms with E-state index < -0.39 is 6.10 Å². The van der Waals surface area contributed by atoms with E-state index >= 15 is 0 Å². The van der Waals surface area contributed by atoms with Crippen molar-refractivity contribution < 1.29 is 5.11 Å². The number of nitrogens with one attached hydrogen (secondary N) is 1. The van der Waals surface area contributed by atoms with E-state index in [1.807, 2.05) is 30.3 Å². The zero-order valence-corrected chi connectivity index (χ0v) is 11.8. The highest BCUT2D eigenvalue weighted by Crippen LogP contribution is 2.20. The predicted molar refractivity (Wildman–Crippen MR) is 84.4 cm³/mol. The van der Waals surface area contributed by atoms with Crippen molar-refractivity contribution in [1.29, 1.82) is 0 Å². The first-order chi connectivity index (χ1) is 9.74. The van der Waals surface area contributed by atoms with E-state index in [-0.39, 0.29) is 6.04 Å². The van der Waals surface area contributed by atoms with E-state index in [0.29, 0.717) is 13.0 Å². The van der Waals surface area contributed by atoms with Crippen LogP contribution < -0.4 is 5.32 Å². The van der Waals surface area contributed by atoms with Crippen LogP contribution in [-0.4, -0.2) is 17.7 Å². The van der Waals surface area contributed by atoms with Crippen molar-refractivity contribution >= 4 is 10.8 Å². The molecule has 2 aromatic rings. The molecule has 0 bridgehead atoms. The molecule has 2 heteroatoms. The third-order valence-electron chi connectivity index (χ3n) is 3.62. The van der Waals surface area contributed by atoms with Gasteiger partial charge in [0.15, 0.2) is 0 Å². The van der Waals surface area contributed by atoms with Crippen LogP contribution in [-0.2, 0) is 0 Å². The van der Waals surface area contributed by atoms with E-state index in [9.17, 15) is 5.11 Å². The quantitative estimate of drug-likeness (QED) is 0.787. The number of fused-ring (bicyclic) bond motifs is 1. The van der Waals surface area contributed by atoms with Gasteiger partial charge in [0.2, 0.25) is 0 Å². The Morgan fingerprint density at radius 2 is 1.95 bits per heavy atom. The lowest BCUT2D eigenvalue weighted by atomic mass is 10.0. The summed E-state index contributed by atoms with van der Waals surface area (Å²) in [6.07, 6.45) is 6.49. The number of terminal acetylenes is 1. The topological polar surface area (TPSA) is 32.3 Å². The number of aliphatic hydroxyl groups excluding tert-OH is 1. The van der Waals surface area contributed by atoms with Crippen molar-refractivity contribution in [3.63, 3.8) is 0 Å². The zero-order chi connectivity index (χ0) is 14.4. The van der Waals surface area contributed by atoms with Crippen LogP contribution in [0.15, 0.2) is 42.5 Å². The highest BCUT2D eigenvalue weighted by atomic mass is 16.3.